The van der Waals surface area contributed by atoms with Crippen LogP contribution in [0.25, 0.3) is 0 Å². The first-order chi connectivity index (χ1) is 13.7. The van der Waals surface area contributed by atoms with Gasteiger partial charge in [-0.05, 0) is 55.2 Å². The van der Waals surface area contributed by atoms with E-state index in [9.17, 15) is 23.1 Å². The van der Waals surface area contributed by atoms with Gasteiger partial charge in [0.25, 0.3) is 0 Å². The molecule has 2 fully saturated rings. The Hall–Kier alpha value is -2.74. The van der Waals surface area contributed by atoms with Gasteiger partial charge in [-0.25, -0.2) is 0 Å². The Morgan fingerprint density at radius 2 is 1.72 bits per heavy atom. The van der Waals surface area contributed by atoms with Gasteiger partial charge in [0.15, 0.2) is 0 Å². The van der Waals surface area contributed by atoms with Crippen molar-refractivity contribution in [2.75, 3.05) is 18.1 Å². The predicted octanol–water partition coefficient (Wildman–Crippen LogP) is 3.77. The molecule has 1 amide bonds. The lowest BCUT2D eigenvalue weighted by atomic mass is 10.0. The van der Waals surface area contributed by atoms with Gasteiger partial charge < -0.3 is 19.5 Å². The summed E-state index contributed by atoms with van der Waals surface area (Å²) in [5.41, 5.74) is -0.555. The summed E-state index contributed by atoms with van der Waals surface area (Å²) in [5.74, 6) is -0.161. The molecule has 0 bridgehead atoms. The van der Waals surface area contributed by atoms with Crippen LogP contribution in [-0.4, -0.2) is 36.1 Å². The third-order valence-corrected chi connectivity index (χ3v) is 5.44. The maximum absolute atomic E-state index is 12.8. The Morgan fingerprint density at radius 3 is 2.34 bits per heavy atom. The van der Waals surface area contributed by atoms with Crippen molar-refractivity contribution in [1.29, 1.82) is 0 Å². The van der Waals surface area contributed by atoms with Gasteiger partial charge in [-0.1, -0.05) is 18.2 Å². The molecular weight excluding hydrogens is 387 g/mol. The highest BCUT2D eigenvalue weighted by Crippen LogP contribution is 2.46. The average molecular weight is 407 g/mol. The van der Waals surface area contributed by atoms with Gasteiger partial charge in [-0.3, -0.25) is 4.79 Å². The normalized spacial score (nSPS) is 26.5. The molecule has 1 saturated carbocycles. The van der Waals surface area contributed by atoms with Crippen molar-refractivity contribution < 1.29 is 32.5 Å². The number of anilines is 1. The van der Waals surface area contributed by atoms with Crippen LogP contribution in [0, 0.1) is 11.8 Å². The van der Waals surface area contributed by atoms with Crippen molar-refractivity contribution in [3.05, 3.63) is 54.6 Å². The van der Waals surface area contributed by atoms with E-state index in [0.717, 1.165) is 0 Å². The van der Waals surface area contributed by atoms with Crippen LogP contribution < -0.4 is 14.4 Å². The van der Waals surface area contributed by atoms with E-state index >= 15 is 0 Å². The first kappa shape index (κ1) is 19.6. The number of halogens is 3. The molecule has 0 unspecified atom stereocenters. The summed E-state index contributed by atoms with van der Waals surface area (Å²) < 4.78 is 46.4. The molecule has 0 radical (unpaired) electrons. The first-order valence-electron chi connectivity index (χ1n) is 9.30. The van der Waals surface area contributed by atoms with Crippen molar-refractivity contribution in [2.45, 2.75) is 24.8 Å². The summed E-state index contributed by atoms with van der Waals surface area (Å²) in [6.07, 6.45) is -4.02. The molecule has 1 aliphatic carbocycles. The molecule has 2 aromatic rings. The fraction of sp³-hybridized carbons (Fsp3) is 0.381. The molecule has 1 saturated heterocycles. The largest absolute Gasteiger partial charge is 0.573 e. The number of alkyl halides is 3. The molecular formula is C21H20F3NO4. The summed E-state index contributed by atoms with van der Waals surface area (Å²) in [7, 11) is 0. The van der Waals surface area contributed by atoms with Crippen LogP contribution in [0.1, 0.15) is 12.8 Å². The van der Waals surface area contributed by atoms with Crippen molar-refractivity contribution in [3.63, 3.8) is 0 Å². The highest BCUT2D eigenvalue weighted by molar-refractivity contribution is 5.98. The van der Waals surface area contributed by atoms with E-state index in [1.54, 1.807) is 17.0 Å². The van der Waals surface area contributed by atoms with Gasteiger partial charge >= 0.3 is 6.36 Å². The van der Waals surface area contributed by atoms with Crippen molar-refractivity contribution in [2.24, 2.45) is 11.8 Å². The zero-order chi connectivity index (χ0) is 20.6. The number of rotatable bonds is 5. The quantitative estimate of drug-likeness (QED) is 0.820. The number of hydrogen-bond acceptors (Lipinski definition) is 4. The van der Waals surface area contributed by atoms with E-state index in [0.29, 0.717) is 30.8 Å². The smallest absolute Gasteiger partial charge is 0.491 e. The highest BCUT2D eigenvalue weighted by Gasteiger charge is 2.53. The minimum absolute atomic E-state index is 0.0297. The Kier molecular flexibility index (Phi) is 4.90. The zero-order valence-electron chi connectivity index (χ0n) is 15.4. The van der Waals surface area contributed by atoms with Gasteiger partial charge in [0.2, 0.25) is 5.91 Å². The summed E-state index contributed by atoms with van der Waals surface area (Å²) in [6, 6.07) is 14.4. The first-order valence-corrected chi connectivity index (χ1v) is 9.30. The van der Waals surface area contributed by atoms with Crippen molar-refractivity contribution >= 4 is 11.6 Å². The Bertz CT molecular complexity index is 872. The molecule has 3 atom stereocenters. The second-order valence-corrected chi connectivity index (χ2v) is 7.59. The number of aliphatic hydroxyl groups is 1. The molecule has 1 aliphatic heterocycles. The number of amides is 1. The molecule has 2 aromatic carbocycles. The molecule has 0 spiro atoms. The van der Waals surface area contributed by atoms with E-state index in [1.165, 1.54) is 24.3 Å². The lowest BCUT2D eigenvalue weighted by molar-refractivity contribution is -0.274. The van der Waals surface area contributed by atoms with Crippen LogP contribution in [0.4, 0.5) is 18.9 Å². The van der Waals surface area contributed by atoms with E-state index in [1.807, 2.05) is 18.2 Å². The fourth-order valence-electron chi connectivity index (χ4n) is 4.21. The van der Waals surface area contributed by atoms with E-state index in [2.05, 4.69) is 4.74 Å². The van der Waals surface area contributed by atoms with Crippen molar-refractivity contribution in [3.8, 4) is 11.5 Å². The van der Waals surface area contributed by atoms with Crippen LogP contribution in [0.3, 0.4) is 0 Å². The standard InChI is InChI=1S/C21H20F3NO4/c22-21(23,24)29-17-8-6-15(7-9-17)25-12-14-10-20(27,11-18(14)19(25)26)13-28-16-4-2-1-3-5-16/h1-9,14,18,27H,10-13H2/t14-,18-,20-/m0/s1. The average Bonchev–Trinajstić information content (AvgIpc) is 3.15. The molecule has 8 heteroatoms. The summed E-state index contributed by atoms with van der Waals surface area (Å²) in [5, 5.41) is 10.9. The maximum Gasteiger partial charge on any atom is 0.573 e. The maximum atomic E-state index is 12.8. The van der Waals surface area contributed by atoms with E-state index in [4.69, 9.17) is 4.74 Å². The van der Waals surface area contributed by atoms with Crippen LogP contribution >= 0.6 is 0 Å². The number of carbonyl (C=O) groups excluding carboxylic acids is 1. The number of ether oxygens (including phenoxy) is 2. The van der Waals surface area contributed by atoms with E-state index in [-0.39, 0.29) is 30.1 Å². The van der Waals surface area contributed by atoms with Crippen molar-refractivity contribution in [1.82, 2.24) is 0 Å². The molecule has 4 rings (SSSR count). The molecule has 154 valence electrons. The van der Waals surface area contributed by atoms with Crippen LogP contribution in [-0.2, 0) is 4.79 Å². The van der Waals surface area contributed by atoms with Crippen LogP contribution in [0.15, 0.2) is 54.6 Å². The number of hydrogen-bond donors (Lipinski definition) is 1. The number of nitrogens with zero attached hydrogens (tertiary/aromatic N) is 1. The second kappa shape index (κ2) is 7.26. The second-order valence-electron chi connectivity index (χ2n) is 7.59. The zero-order valence-corrected chi connectivity index (χ0v) is 15.4. The summed E-state index contributed by atoms with van der Waals surface area (Å²) >= 11 is 0. The number of fused-ring (bicyclic) bond motifs is 1. The Morgan fingerprint density at radius 1 is 1.03 bits per heavy atom. The molecule has 29 heavy (non-hydrogen) atoms. The molecule has 0 aromatic heterocycles. The molecule has 1 heterocycles. The lowest BCUT2D eigenvalue weighted by Gasteiger charge is -2.26. The highest BCUT2D eigenvalue weighted by atomic mass is 19.4. The predicted molar refractivity (Wildman–Crippen MR) is 98.6 cm³/mol. The van der Waals surface area contributed by atoms with E-state index < -0.39 is 12.0 Å². The summed E-state index contributed by atoms with van der Waals surface area (Å²) in [4.78, 5) is 14.4. The summed E-state index contributed by atoms with van der Waals surface area (Å²) in [6.45, 7) is 0.525. The number of benzene rings is 2. The molecule has 1 N–H and O–H groups in total. The van der Waals surface area contributed by atoms with Gasteiger partial charge in [0.05, 0.1) is 5.60 Å². The topological polar surface area (TPSA) is 59.0 Å². The Balaban J connectivity index is 1.38. The van der Waals surface area contributed by atoms with Gasteiger partial charge in [-0.2, -0.15) is 0 Å². The van der Waals surface area contributed by atoms with Gasteiger partial charge in [0, 0.05) is 18.2 Å². The van der Waals surface area contributed by atoms with Gasteiger partial charge in [-0.15, -0.1) is 13.2 Å². The fourth-order valence-corrected chi connectivity index (χ4v) is 4.21. The number of para-hydroxylation sites is 1. The minimum Gasteiger partial charge on any atom is -0.491 e. The van der Waals surface area contributed by atoms with Crippen LogP contribution in [0.2, 0.25) is 0 Å². The molecule has 2 aliphatic rings. The van der Waals surface area contributed by atoms with Gasteiger partial charge in [0.1, 0.15) is 18.1 Å². The minimum atomic E-state index is -4.76. The monoisotopic (exact) mass is 407 g/mol. The molecule has 5 nitrogen and oxygen atoms in total. The lowest BCUT2D eigenvalue weighted by Crippen LogP contribution is -2.37. The number of carbonyl (C=O) groups is 1. The third-order valence-electron chi connectivity index (χ3n) is 5.44. The third kappa shape index (κ3) is 4.32. The van der Waals surface area contributed by atoms with Crippen LogP contribution in [0.5, 0.6) is 11.5 Å². The Labute approximate surface area is 165 Å². The SMILES string of the molecule is O=C1[C@H]2C[C@](O)(COc3ccccc3)C[C@H]2CN1c1ccc(OC(F)(F)F)cc1.